The van der Waals surface area contributed by atoms with Crippen molar-refractivity contribution in [1.29, 1.82) is 0 Å². The van der Waals surface area contributed by atoms with Gasteiger partial charge in [-0.15, -0.1) is 34.0 Å². The van der Waals surface area contributed by atoms with E-state index in [4.69, 9.17) is 5.73 Å². The second-order valence-corrected chi connectivity index (χ2v) is 1.42. The molecule has 1 saturated heterocycles. The summed E-state index contributed by atoms with van der Waals surface area (Å²) in [5.41, 5.74) is 5.32. The van der Waals surface area contributed by atoms with Crippen molar-refractivity contribution >= 4 is 34.0 Å². The van der Waals surface area contributed by atoms with Crippen LogP contribution in [0.2, 0.25) is 0 Å². The van der Waals surface area contributed by atoms with Gasteiger partial charge >= 0.3 is 0 Å². The van der Waals surface area contributed by atoms with Gasteiger partial charge in [0, 0.05) is 19.1 Å². The van der Waals surface area contributed by atoms with Gasteiger partial charge in [-0.05, 0) is 0 Å². The van der Waals surface area contributed by atoms with E-state index in [-0.39, 0.29) is 34.0 Å². The molecule has 0 aromatic heterocycles. The molecule has 3 N–H and O–H groups in total. The first kappa shape index (κ1) is 10.8. The standard InChI is InChI=1S/C3H8N2.2BrH/c4-3-1-5-2-3;;/h3,5H,1-2,4H2;2*1H. The van der Waals surface area contributed by atoms with Gasteiger partial charge < -0.3 is 11.1 Å². The van der Waals surface area contributed by atoms with Crippen LogP contribution in [0.5, 0.6) is 0 Å². The highest BCUT2D eigenvalue weighted by Gasteiger charge is 2.08. The van der Waals surface area contributed by atoms with E-state index >= 15 is 0 Å². The van der Waals surface area contributed by atoms with Gasteiger partial charge in [-0.25, -0.2) is 0 Å². The molecule has 1 rings (SSSR count). The summed E-state index contributed by atoms with van der Waals surface area (Å²) in [4.78, 5) is 0. The highest BCUT2D eigenvalue weighted by molar-refractivity contribution is 8.93. The number of nitrogens with two attached hydrogens (primary N) is 1. The van der Waals surface area contributed by atoms with E-state index in [9.17, 15) is 0 Å². The Labute approximate surface area is 64.4 Å². The van der Waals surface area contributed by atoms with Gasteiger partial charge in [0.2, 0.25) is 0 Å². The van der Waals surface area contributed by atoms with Gasteiger partial charge in [0.05, 0.1) is 0 Å². The van der Waals surface area contributed by atoms with Crippen LogP contribution in [0.25, 0.3) is 0 Å². The fourth-order valence-corrected chi connectivity index (χ4v) is 0.311. The van der Waals surface area contributed by atoms with Crippen LogP contribution in [0, 0.1) is 0 Å². The molecule has 0 amide bonds. The van der Waals surface area contributed by atoms with Crippen molar-refractivity contribution in [1.82, 2.24) is 5.32 Å². The highest BCUT2D eigenvalue weighted by atomic mass is 79.9. The summed E-state index contributed by atoms with van der Waals surface area (Å²) in [7, 11) is 0. The maximum absolute atomic E-state index is 5.32. The van der Waals surface area contributed by atoms with Crippen molar-refractivity contribution in [2.24, 2.45) is 5.73 Å². The Bertz CT molecular complexity index is 37.9. The van der Waals surface area contributed by atoms with Crippen molar-refractivity contribution in [2.75, 3.05) is 13.1 Å². The topological polar surface area (TPSA) is 38.0 Å². The predicted octanol–water partition coefficient (Wildman–Crippen LogP) is 0.0727. The molecular weight excluding hydrogens is 224 g/mol. The van der Waals surface area contributed by atoms with E-state index in [1.165, 1.54) is 0 Å². The largest absolute Gasteiger partial charge is 0.326 e. The van der Waals surface area contributed by atoms with Gasteiger partial charge in [0.1, 0.15) is 0 Å². The van der Waals surface area contributed by atoms with Crippen LogP contribution in [-0.4, -0.2) is 19.1 Å². The van der Waals surface area contributed by atoms with Crippen molar-refractivity contribution < 1.29 is 0 Å². The SMILES string of the molecule is Br.Br.NC1CNC1. The first-order valence-corrected chi connectivity index (χ1v) is 1.86. The smallest absolute Gasteiger partial charge is 0.0292 e. The zero-order chi connectivity index (χ0) is 3.70. The summed E-state index contributed by atoms with van der Waals surface area (Å²) in [6.45, 7) is 2.03. The molecular formula is C3H10Br2N2. The van der Waals surface area contributed by atoms with E-state index in [1.807, 2.05) is 0 Å². The van der Waals surface area contributed by atoms with E-state index in [0.717, 1.165) is 13.1 Å². The molecule has 2 nitrogen and oxygen atoms in total. The van der Waals surface area contributed by atoms with Gasteiger partial charge in [0.15, 0.2) is 0 Å². The molecule has 0 unspecified atom stereocenters. The van der Waals surface area contributed by atoms with Crippen LogP contribution >= 0.6 is 34.0 Å². The maximum atomic E-state index is 5.32. The lowest BCUT2D eigenvalue weighted by atomic mass is 10.2. The normalized spacial score (nSPS) is 18.4. The summed E-state index contributed by atoms with van der Waals surface area (Å²) >= 11 is 0. The molecule has 1 aliphatic heterocycles. The van der Waals surface area contributed by atoms with E-state index in [2.05, 4.69) is 5.32 Å². The second-order valence-electron chi connectivity index (χ2n) is 1.42. The van der Waals surface area contributed by atoms with Crippen molar-refractivity contribution in [3.05, 3.63) is 0 Å². The van der Waals surface area contributed by atoms with Crippen LogP contribution in [0.1, 0.15) is 0 Å². The number of nitrogens with one attached hydrogen (secondary N) is 1. The Morgan fingerprint density at radius 3 is 1.57 bits per heavy atom. The lowest BCUT2D eigenvalue weighted by Gasteiger charge is -2.21. The van der Waals surface area contributed by atoms with Crippen LogP contribution in [0.4, 0.5) is 0 Å². The molecule has 4 heteroatoms. The van der Waals surface area contributed by atoms with Crippen molar-refractivity contribution in [2.45, 2.75) is 6.04 Å². The molecule has 46 valence electrons. The summed E-state index contributed by atoms with van der Waals surface area (Å²) in [5.74, 6) is 0. The molecule has 0 bridgehead atoms. The van der Waals surface area contributed by atoms with E-state index in [1.54, 1.807) is 0 Å². The Hall–Kier alpha value is 0.880. The summed E-state index contributed by atoms with van der Waals surface area (Å²) in [6.07, 6.45) is 0. The lowest BCUT2D eigenvalue weighted by molar-refractivity contribution is 0.445. The quantitative estimate of drug-likeness (QED) is 0.622. The van der Waals surface area contributed by atoms with Crippen LogP contribution in [-0.2, 0) is 0 Å². The first-order valence-electron chi connectivity index (χ1n) is 1.86. The van der Waals surface area contributed by atoms with Gasteiger partial charge in [-0.1, -0.05) is 0 Å². The van der Waals surface area contributed by atoms with Crippen molar-refractivity contribution in [3.63, 3.8) is 0 Å². The minimum Gasteiger partial charge on any atom is -0.326 e. The van der Waals surface area contributed by atoms with Crippen LogP contribution < -0.4 is 11.1 Å². The molecule has 7 heavy (non-hydrogen) atoms. The molecule has 1 aliphatic rings. The minimum absolute atomic E-state index is 0. The molecule has 0 aromatic carbocycles. The molecule has 1 fully saturated rings. The zero-order valence-electron chi connectivity index (χ0n) is 3.89. The molecule has 1 heterocycles. The van der Waals surface area contributed by atoms with Crippen LogP contribution in [0.15, 0.2) is 0 Å². The summed E-state index contributed by atoms with van der Waals surface area (Å²) < 4.78 is 0. The number of hydrogen-bond donors (Lipinski definition) is 2. The fourth-order valence-electron chi connectivity index (χ4n) is 0.311. The second kappa shape index (κ2) is 5.03. The first-order chi connectivity index (χ1) is 2.39. The Morgan fingerprint density at radius 1 is 1.29 bits per heavy atom. The monoisotopic (exact) mass is 232 g/mol. The van der Waals surface area contributed by atoms with E-state index < -0.39 is 0 Å². The Balaban J connectivity index is 0. The fraction of sp³-hybridized carbons (Fsp3) is 1.00. The zero-order valence-corrected chi connectivity index (χ0v) is 7.31. The number of hydrogen-bond acceptors (Lipinski definition) is 2. The summed E-state index contributed by atoms with van der Waals surface area (Å²) in [5, 5.41) is 3.04. The molecule has 0 saturated carbocycles. The minimum atomic E-state index is 0. The average Bonchev–Trinajstić information content (AvgIpc) is 1.30. The molecule has 0 aliphatic carbocycles. The molecule has 0 spiro atoms. The predicted molar refractivity (Wildman–Crippen MR) is 41.5 cm³/mol. The third-order valence-electron chi connectivity index (χ3n) is 0.813. The van der Waals surface area contributed by atoms with Crippen molar-refractivity contribution in [3.8, 4) is 0 Å². The third-order valence-corrected chi connectivity index (χ3v) is 0.813. The number of halogens is 2. The van der Waals surface area contributed by atoms with Crippen LogP contribution in [0.3, 0.4) is 0 Å². The van der Waals surface area contributed by atoms with Gasteiger partial charge in [-0.3, -0.25) is 0 Å². The summed E-state index contributed by atoms with van der Waals surface area (Å²) in [6, 6.07) is 0.454. The third kappa shape index (κ3) is 3.46. The molecule has 0 radical (unpaired) electrons. The Morgan fingerprint density at radius 2 is 1.57 bits per heavy atom. The maximum Gasteiger partial charge on any atom is 0.0292 e. The van der Waals surface area contributed by atoms with Gasteiger partial charge in [0.25, 0.3) is 0 Å². The molecule has 0 aromatic rings. The number of rotatable bonds is 0. The Kier molecular flexibility index (Phi) is 7.74. The van der Waals surface area contributed by atoms with E-state index in [0.29, 0.717) is 6.04 Å². The average molecular weight is 234 g/mol. The van der Waals surface area contributed by atoms with Gasteiger partial charge in [-0.2, -0.15) is 0 Å². The molecule has 0 atom stereocenters. The lowest BCUT2D eigenvalue weighted by Crippen LogP contribution is -2.52. The highest BCUT2D eigenvalue weighted by Crippen LogP contribution is 1.80.